The summed E-state index contributed by atoms with van der Waals surface area (Å²) in [6.07, 6.45) is 1.53. The summed E-state index contributed by atoms with van der Waals surface area (Å²) < 4.78 is 29.1. The van der Waals surface area contributed by atoms with Crippen LogP contribution in [-0.2, 0) is 21.3 Å². The standard InChI is InChI=1S/C8H12N6O3S/c1-17-5-4-14-7(6-2-3-10-11-6)12-13-8(14)18(9,15)16/h2-3H,4-5H2,1H3,(H,10,11)(H2,9,15,16). The van der Waals surface area contributed by atoms with Gasteiger partial charge in [-0.25, -0.2) is 13.6 Å². The van der Waals surface area contributed by atoms with Crippen molar-refractivity contribution in [2.45, 2.75) is 11.7 Å². The van der Waals surface area contributed by atoms with Crippen LogP contribution in [0, 0.1) is 0 Å². The van der Waals surface area contributed by atoms with E-state index >= 15 is 0 Å². The van der Waals surface area contributed by atoms with Gasteiger partial charge in [-0.05, 0) is 6.07 Å². The predicted molar refractivity (Wildman–Crippen MR) is 60.9 cm³/mol. The number of aromatic nitrogens is 5. The van der Waals surface area contributed by atoms with Crippen LogP contribution in [0.15, 0.2) is 17.4 Å². The van der Waals surface area contributed by atoms with Crippen LogP contribution in [0.2, 0.25) is 0 Å². The zero-order valence-corrected chi connectivity index (χ0v) is 10.4. The molecule has 0 saturated carbocycles. The Morgan fingerprint density at radius 1 is 1.50 bits per heavy atom. The lowest BCUT2D eigenvalue weighted by Crippen LogP contribution is -2.20. The van der Waals surface area contributed by atoms with E-state index in [1.165, 1.54) is 17.9 Å². The summed E-state index contributed by atoms with van der Waals surface area (Å²) in [6.45, 7) is 0.575. The van der Waals surface area contributed by atoms with Crippen LogP contribution in [-0.4, -0.2) is 47.1 Å². The Morgan fingerprint density at radius 3 is 2.83 bits per heavy atom. The van der Waals surface area contributed by atoms with E-state index in [9.17, 15) is 8.42 Å². The molecule has 9 nitrogen and oxygen atoms in total. The van der Waals surface area contributed by atoms with Crippen LogP contribution in [0.3, 0.4) is 0 Å². The summed E-state index contributed by atoms with van der Waals surface area (Å²) >= 11 is 0. The normalized spacial score (nSPS) is 11.9. The first-order chi connectivity index (χ1) is 8.54. The van der Waals surface area contributed by atoms with E-state index in [1.54, 1.807) is 6.07 Å². The van der Waals surface area contributed by atoms with Crippen LogP contribution in [0.25, 0.3) is 11.5 Å². The van der Waals surface area contributed by atoms with E-state index in [4.69, 9.17) is 9.88 Å². The van der Waals surface area contributed by atoms with Gasteiger partial charge in [-0.2, -0.15) is 5.10 Å². The summed E-state index contributed by atoms with van der Waals surface area (Å²) in [6, 6.07) is 1.65. The van der Waals surface area contributed by atoms with Gasteiger partial charge in [0.2, 0.25) is 0 Å². The highest BCUT2D eigenvalue weighted by Crippen LogP contribution is 2.17. The molecule has 0 bridgehead atoms. The predicted octanol–water partition coefficient (Wildman–Crippen LogP) is -1.04. The molecule has 0 aliphatic heterocycles. The Bertz CT molecular complexity index is 617. The third kappa shape index (κ3) is 2.39. The molecule has 0 unspecified atom stereocenters. The topological polar surface area (TPSA) is 129 Å². The van der Waals surface area contributed by atoms with Crippen molar-refractivity contribution in [3.63, 3.8) is 0 Å². The molecule has 0 spiro atoms. The average Bonchev–Trinajstić information content (AvgIpc) is 2.93. The van der Waals surface area contributed by atoms with Crippen molar-refractivity contribution in [1.29, 1.82) is 0 Å². The molecule has 0 fully saturated rings. The van der Waals surface area contributed by atoms with Gasteiger partial charge in [0.15, 0.2) is 5.82 Å². The Hall–Kier alpha value is -1.78. The first-order valence-corrected chi connectivity index (χ1v) is 6.53. The number of nitrogens with one attached hydrogen (secondary N) is 1. The maximum atomic E-state index is 11.4. The van der Waals surface area contributed by atoms with E-state index in [0.29, 0.717) is 18.1 Å². The minimum atomic E-state index is -3.93. The van der Waals surface area contributed by atoms with Gasteiger partial charge in [0.05, 0.1) is 13.2 Å². The average molecular weight is 272 g/mol. The lowest BCUT2D eigenvalue weighted by atomic mass is 10.4. The van der Waals surface area contributed by atoms with E-state index in [0.717, 1.165) is 0 Å². The molecule has 0 aliphatic carbocycles. The third-order valence-electron chi connectivity index (χ3n) is 2.23. The molecule has 0 aliphatic rings. The van der Waals surface area contributed by atoms with Gasteiger partial charge in [-0.1, -0.05) is 0 Å². The van der Waals surface area contributed by atoms with Crippen molar-refractivity contribution in [3.8, 4) is 11.5 Å². The lowest BCUT2D eigenvalue weighted by molar-refractivity contribution is 0.185. The zero-order chi connectivity index (χ0) is 13.2. The van der Waals surface area contributed by atoms with Crippen molar-refractivity contribution in [2.24, 2.45) is 5.14 Å². The number of primary sulfonamides is 1. The van der Waals surface area contributed by atoms with E-state index in [1.807, 2.05) is 0 Å². The summed E-state index contributed by atoms with van der Waals surface area (Å²) in [4.78, 5) is 0. The maximum absolute atomic E-state index is 11.4. The first-order valence-electron chi connectivity index (χ1n) is 4.98. The highest BCUT2D eigenvalue weighted by Gasteiger charge is 2.22. The Kier molecular flexibility index (Phi) is 3.41. The number of hydrogen-bond acceptors (Lipinski definition) is 6. The fourth-order valence-electron chi connectivity index (χ4n) is 1.46. The van der Waals surface area contributed by atoms with Gasteiger partial charge in [-0.3, -0.25) is 9.67 Å². The Labute approximate surface area is 103 Å². The van der Waals surface area contributed by atoms with Gasteiger partial charge in [0, 0.05) is 13.3 Å². The molecule has 0 saturated heterocycles. The molecule has 0 radical (unpaired) electrons. The molecule has 0 atom stereocenters. The highest BCUT2D eigenvalue weighted by atomic mass is 32.2. The van der Waals surface area contributed by atoms with Crippen molar-refractivity contribution >= 4 is 10.0 Å². The molecular formula is C8H12N6O3S. The zero-order valence-electron chi connectivity index (χ0n) is 9.57. The number of rotatable bonds is 5. The van der Waals surface area contributed by atoms with E-state index in [-0.39, 0.29) is 11.7 Å². The molecule has 0 aromatic carbocycles. The fraction of sp³-hybridized carbons (Fsp3) is 0.375. The molecule has 3 N–H and O–H groups in total. The molecular weight excluding hydrogens is 260 g/mol. The van der Waals surface area contributed by atoms with Crippen molar-refractivity contribution < 1.29 is 13.2 Å². The minimum Gasteiger partial charge on any atom is -0.383 e. The van der Waals surface area contributed by atoms with E-state index < -0.39 is 10.0 Å². The number of aromatic amines is 1. The summed E-state index contributed by atoms with van der Waals surface area (Å²) in [5, 5.41) is 18.6. The molecule has 2 heterocycles. The van der Waals surface area contributed by atoms with Gasteiger partial charge in [0.25, 0.3) is 15.2 Å². The second kappa shape index (κ2) is 4.84. The summed E-state index contributed by atoms with van der Waals surface area (Å²) in [5.41, 5.74) is 0.550. The van der Waals surface area contributed by atoms with Gasteiger partial charge in [-0.15, -0.1) is 10.2 Å². The highest BCUT2D eigenvalue weighted by molar-refractivity contribution is 7.89. The molecule has 10 heteroatoms. The molecule has 2 rings (SSSR count). The molecule has 2 aromatic heterocycles. The second-order valence-electron chi connectivity index (χ2n) is 3.47. The number of hydrogen-bond donors (Lipinski definition) is 2. The van der Waals surface area contributed by atoms with E-state index in [2.05, 4.69) is 20.4 Å². The smallest absolute Gasteiger partial charge is 0.273 e. The van der Waals surface area contributed by atoms with Crippen molar-refractivity contribution in [2.75, 3.05) is 13.7 Å². The lowest BCUT2D eigenvalue weighted by Gasteiger charge is -2.07. The van der Waals surface area contributed by atoms with Gasteiger partial charge < -0.3 is 4.74 Å². The van der Waals surface area contributed by atoms with Crippen molar-refractivity contribution in [3.05, 3.63) is 12.3 Å². The minimum absolute atomic E-state index is 0.267. The quantitative estimate of drug-likeness (QED) is 0.715. The Morgan fingerprint density at radius 2 is 2.28 bits per heavy atom. The fourth-order valence-corrected chi connectivity index (χ4v) is 2.10. The number of sulfonamides is 1. The summed E-state index contributed by atoms with van der Waals surface area (Å²) in [7, 11) is -2.42. The molecule has 18 heavy (non-hydrogen) atoms. The second-order valence-corrected chi connectivity index (χ2v) is 4.92. The van der Waals surface area contributed by atoms with Gasteiger partial charge >= 0.3 is 0 Å². The maximum Gasteiger partial charge on any atom is 0.273 e. The molecule has 2 aromatic rings. The van der Waals surface area contributed by atoms with Crippen LogP contribution in [0.5, 0.6) is 0 Å². The number of ether oxygens (including phenoxy) is 1. The number of nitrogens with zero attached hydrogens (tertiary/aromatic N) is 4. The van der Waals surface area contributed by atoms with Crippen LogP contribution < -0.4 is 5.14 Å². The first kappa shape index (κ1) is 12.7. The largest absolute Gasteiger partial charge is 0.383 e. The molecule has 98 valence electrons. The van der Waals surface area contributed by atoms with Crippen LogP contribution in [0.4, 0.5) is 0 Å². The van der Waals surface area contributed by atoms with Crippen LogP contribution in [0.1, 0.15) is 0 Å². The number of methoxy groups -OCH3 is 1. The van der Waals surface area contributed by atoms with Crippen molar-refractivity contribution in [1.82, 2.24) is 25.0 Å². The summed E-state index contributed by atoms with van der Waals surface area (Å²) in [5.74, 6) is 0.341. The number of nitrogens with two attached hydrogens (primary N) is 1. The Balaban J connectivity index is 2.51. The SMILES string of the molecule is COCCn1c(-c2ccn[nH]2)nnc1S(N)(=O)=O. The third-order valence-corrected chi connectivity index (χ3v) is 3.04. The van der Waals surface area contributed by atoms with Gasteiger partial charge in [0.1, 0.15) is 5.69 Å². The monoisotopic (exact) mass is 272 g/mol. The molecule has 0 amide bonds. The number of H-pyrrole nitrogens is 1. The van der Waals surface area contributed by atoms with Crippen LogP contribution >= 0.6 is 0 Å².